The number of halogens is 2. The van der Waals surface area contributed by atoms with Crippen molar-refractivity contribution in [1.82, 2.24) is 24.8 Å². The van der Waals surface area contributed by atoms with E-state index in [2.05, 4.69) is 62.8 Å². The highest BCUT2D eigenvalue weighted by Gasteiger charge is 2.50. The van der Waals surface area contributed by atoms with Crippen LogP contribution in [0.1, 0.15) is 111 Å². The third kappa shape index (κ3) is 9.25. The third-order valence-corrected chi connectivity index (χ3v) is 19.6. The zero-order valence-electron chi connectivity index (χ0n) is 37.7. The first-order valence-electron chi connectivity index (χ1n) is 22.1. The summed E-state index contributed by atoms with van der Waals surface area (Å²) in [5.41, 5.74) is 4.87. The quantitative estimate of drug-likeness (QED) is 0.0995. The van der Waals surface area contributed by atoms with E-state index in [9.17, 15) is 9.18 Å². The lowest BCUT2D eigenvalue weighted by Crippen LogP contribution is -2.57. The number of hydrogen-bond donors (Lipinski definition) is 0. The van der Waals surface area contributed by atoms with E-state index in [1.165, 1.54) is 6.07 Å². The van der Waals surface area contributed by atoms with E-state index < -0.39 is 25.4 Å². The van der Waals surface area contributed by atoms with Gasteiger partial charge >= 0.3 is 12.1 Å². The maximum absolute atomic E-state index is 16.1. The maximum atomic E-state index is 16.1. The zero-order chi connectivity index (χ0) is 43.9. The average molecular weight is 859 g/mol. The van der Waals surface area contributed by atoms with E-state index in [0.717, 1.165) is 37.6 Å². The Morgan fingerprint density at radius 3 is 2.34 bits per heavy atom. The summed E-state index contributed by atoms with van der Waals surface area (Å²) < 4.78 is 54.3. The molecule has 14 heteroatoms. The van der Waals surface area contributed by atoms with Gasteiger partial charge < -0.3 is 23.8 Å². The first-order valence-corrected chi connectivity index (χ1v) is 24.3. The number of methoxy groups -OCH3 is 1. The second-order valence-electron chi connectivity index (χ2n) is 19.4. The molecular formula is C47H64F2N6O5Si. The van der Waals surface area contributed by atoms with Crippen molar-refractivity contribution in [3.05, 3.63) is 47.0 Å². The highest BCUT2D eigenvalue weighted by Crippen LogP contribution is 2.42. The number of amides is 1. The number of fused-ring (bicyclic) bond motifs is 4. The molecule has 0 radical (unpaired) electrons. The number of rotatable bonds is 12. The fourth-order valence-corrected chi connectivity index (χ4v) is 15.9. The lowest BCUT2D eigenvalue weighted by Gasteiger charge is -2.41. The summed E-state index contributed by atoms with van der Waals surface area (Å²) in [5, 5.41) is 1.43. The van der Waals surface area contributed by atoms with E-state index >= 15 is 4.39 Å². The summed E-state index contributed by atoms with van der Waals surface area (Å²) in [6.45, 7) is 21.7. The highest BCUT2D eigenvalue weighted by molar-refractivity contribution is 6.90. The van der Waals surface area contributed by atoms with Crippen molar-refractivity contribution in [2.24, 2.45) is 0 Å². The van der Waals surface area contributed by atoms with Crippen LogP contribution in [0.2, 0.25) is 16.6 Å². The Morgan fingerprint density at radius 2 is 1.69 bits per heavy atom. The van der Waals surface area contributed by atoms with E-state index in [1.807, 2.05) is 43.9 Å². The molecule has 0 saturated carbocycles. The van der Waals surface area contributed by atoms with Crippen LogP contribution >= 0.6 is 0 Å². The van der Waals surface area contributed by atoms with Gasteiger partial charge in [0.25, 0.3) is 0 Å². The Labute approximate surface area is 361 Å². The topological polar surface area (TPSA) is 102 Å². The summed E-state index contributed by atoms with van der Waals surface area (Å²) in [6, 6.07) is 6.96. The largest absolute Gasteiger partial charge is 0.468 e. The van der Waals surface area contributed by atoms with Crippen molar-refractivity contribution >= 4 is 43.0 Å². The van der Waals surface area contributed by atoms with Gasteiger partial charge in [0, 0.05) is 38.6 Å². The normalized spacial score (nSPS) is 23.1. The van der Waals surface area contributed by atoms with Gasteiger partial charge in [-0.1, -0.05) is 59.6 Å². The molecule has 3 aromatic rings. The number of aromatic nitrogens is 3. The van der Waals surface area contributed by atoms with Crippen molar-refractivity contribution in [3.63, 3.8) is 0 Å². The van der Waals surface area contributed by atoms with Gasteiger partial charge in [0.15, 0.2) is 12.6 Å². The Bertz CT molecular complexity index is 2150. The van der Waals surface area contributed by atoms with Crippen molar-refractivity contribution in [2.75, 3.05) is 51.6 Å². The van der Waals surface area contributed by atoms with Crippen LogP contribution in [0.4, 0.5) is 19.5 Å². The predicted molar refractivity (Wildman–Crippen MR) is 239 cm³/mol. The first kappa shape index (κ1) is 44.7. The third-order valence-electron chi connectivity index (χ3n) is 13.3. The van der Waals surface area contributed by atoms with E-state index in [0.29, 0.717) is 76.7 Å². The molecule has 61 heavy (non-hydrogen) atoms. The summed E-state index contributed by atoms with van der Waals surface area (Å²) in [5.74, 6) is 4.34. The van der Waals surface area contributed by atoms with Crippen LogP contribution in [0.3, 0.4) is 0 Å². The van der Waals surface area contributed by atoms with Gasteiger partial charge in [-0.15, -0.1) is 5.54 Å². The fraction of sp³-hybridized carbons (Fsp3) is 0.617. The molecule has 4 aliphatic heterocycles. The fourth-order valence-electron chi connectivity index (χ4n) is 10.6. The molecule has 4 atom stereocenters. The molecule has 4 saturated heterocycles. The molecule has 2 bridgehead atoms. The second kappa shape index (κ2) is 17.8. The summed E-state index contributed by atoms with van der Waals surface area (Å²) in [7, 11) is -0.647. The van der Waals surface area contributed by atoms with Crippen LogP contribution in [0.15, 0.2) is 24.3 Å². The van der Waals surface area contributed by atoms with Crippen LogP contribution in [0.5, 0.6) is 11.8 Å². The minimum atomic E-state index is -2.21. The summed E-state index contributed by atoms with van der Waals surface area (Å²) >= 11 is 0. The number of ether oxygens (including phenoxy) is 4. The van der Waals surface area contributed by atoms with Crippen molar-refractivity contribution < 1.29 is 32.5 Å². The molecule has 7 rings (SSSR count). The summed E-state index contributed by atoms with van der Waals surface area (Å²) in [6.07, 6.45) is 6.38. The van der Waals surface area contributed by atoms with Crippen molar-refractivity contribution in [2.45, 2.75) is 140 Å². The predicted octanol–water partition coefficient (Wildman–Crippen LogP) is 9.43. The molecule has 5 heterocycles. The number of anilines is 1. The number of carbonyl (C=O) groups is 1. The number of piperazine rings is 1. The molecule has 2 aromatic carbocycles. The van der Waals surface area contributed by atoms with Crippen molar-refractivity contribution in [1.29, 1.82) is 0 Å². The minimum Gasteiger partial charge on any atom is -0.468 e. The smallest absolute Gasteiger partial charge is 0.410 e. The van der Waals surface area contributed by atoms with E-state index in [-0.39, 0.29) is 43.4 Å². The van der Waals surface area contributed by atoms with Gasteiger partial charge in [0.05, 0.1) is 23.2 Å². The van der Waals surface area contributed by atoms with Crippen LogP contribution in [-0.4, -0.2) is 115 Å². The van der Waals surface area contributed by atoms with Crippen LogP contribution in [0, 0.1) is 17.3 Å². The molecular weight excluding hydrogens is 795 g/mol. The van der Waals surface area contributed by atoms with Crippen LogP contribution in [-0.2, 0) is 9.47 Å². The molecule has 0 aliphatic carbocycles. The number of alkyl halides is 1. The standard InChI is InChI=1S/C47H64F2N6O5Si/c1-30(2)61(31(3)4,32(5)6)21-18-39-40(49)16-12-33-22-38(59-29-57-10)23-34(42(33)39)13-17-41-50-43(52-44(51-41)58-28-47-19-11-20-54(47)25-35(48)24-47)53-26-36-14-15-37(27-53)55(36)45(56)60-46(7,8)9/h12-13,16-17,22-23,30-32,35-37H,11,14-15,19-20,24-29H2,1-10H3/b17-13+/t35-,36?,37?,47+/m1/s1. The number of hydrogen-bond acceptors (Lipinski definition) is 10. The van der Waals surface area contributed by atoms with Crippen LogP contribution < -0.4 is 14.4 Å². The van der Waals surface area contributed by atoms with Gasteiger partial charge in [0.2, 0.25) is 5.95 Å². The molecule has 0 N–H and O–H groups in total. The Hall–Kier alpha value is -4.32. The van der Waals surface area contributed by atoms with E-state index in [1.54, 1.807) is 19.3 Å². The Kier molecular flexibility index (Phi) is 13.1. The molecule has 330 valence electrons. The van der Waals surface area contributed by atoms with Crippen LogP contribution in [0.25, 0.3) is 22.9 Å². The lowest BCUT2D eigenvalue weighted by atomic mass is 9.95. The molecule has 4 aliphatic rings. The molecule has 1 amide bonds. The SMILES string of the molecule is COCOc1cc(/C=C/c2nc(OC[C@@]34CCCN3C[C@H](F)C4)nc(N3CC4CCC(C3)N4C(=O)OC(C)(C)C)n2)c2c(C#C[Si](C(C)C)(C(C)C)C(C)C)c(F)ccc2c1. The minimum absolute atomic E-state index is 0.0383. The Morgan fingerprint density at radius 1 is 0.984 bits per heavy atom. The first-order chi connectivity index (χ1) is 28.9. The molecule has 2 unspecified atom stereocenters. The highest BCUT2D eigenvalue weighted by atomic mass is 28.3. The molecule has 0 spiro atoms. The van der Waals surface area contributed by atoms with Gasteiger partial charge in [-0.05, 0) is 105 Å². The van der Waals surface area contributed by atoms with Crippen molar-refractivity contribution in [3.8, 4) is 23.2 Å². The number of benzene rings is 2. The zero-order valence-corrected chi connectivity index (χ0v) is 38.7. The monoisotopic (exact) mass is 858 g/mol. The van der Waals surface area contributed by atoms with Gasteiger partial charge in [-0.2, -0.15) is 15.0 Å². The van der Waals surface area contributed by atoms with E-state index in [4.69, 9.17) is 33.9 Å². The molecule has 1 aromatic heterocycles. The number of carbonyl (C=O) groups excluding carboxylic acids is 1. The molecule has 11 nitrogen and oxygen atoms in total. The van der Waals surface area contributed by atoms with Gasteiger partial charge in [-0.3, -0.25) is 9.80 Å². The van der Waals surface area contributed by atoms with Gasteiger partial charge in [0.1, 0.15) is 38.0 Å². The lowest BCUT2D eigenvalue weighted by molar-refractivity contribution is 0.0122. The average Bonchev–Trinajstić information content (AvgIpc) is 3.81. The van der Waals surface area contributed by atoms with Gasteiger partial charge in [-0.25, -0.2) is 13.6 Å². The molecule has 4 fully saturated rings. The maximum Gasteiger partial charge on any atom is 0.410 e. The second-order valence-corrected chi connectivity index (χ2v) is 25.0. The Balaban J connectivity index is 1.29. The number of nitrogens with zero attached hydrogens (tertiary/aromatic N) is 6. The summed E-state index contributed by atoms with van der Waals surface area (Å²) in [4.78, 5) is 34.1.